The van der Waals surface area contributed by atoms with Crippen molar-refractivity contribution in [2.75, 3.05) is 12.4 Å². The number of nitrogens with one attached hydrogen (secondary N) is 2. The van der Waals surface area contributed by atoms with Crippen molar-refractivity contribution in [2.24, 2.45) is 0 Å². The van der Waals surface area contributed by atoms with Crippen molar-refractivity contribution in [3.8, 4) is 0 Å². The molecule has 148 valence electrons. The van der Waals surface area contributed by atoms with Crippen LogP contribution in [0.15, 0.2) is 54.6 Å². The monoisotopic (exact) mass is 390 g/mol. The third-order valence-corrected chi connectivity index (χ3v) is 4.18. The summed E-state index contributed by atoms with van der Waals surface area (Å²) in [5.41, 5.74) is 3.61. The summed E-state index contributed by atoms with van der Waals surface area (Å²) in [7, 11) is 1.34. The number of hydrogen-bond donors (Lipinski definition) is 2. The van der Waals surface area contributed by atoms with Crippen LogP contribution >= 0.6 is 0 Å². The van der Waals surface area contributed by atoms with E-state index in [1.165, 1.54) is 7.11 Å². The molecule has 0 aliphatic heterocycles. The number of nitrogens with zero attached hydrogens (tertiary/aromatic N) is 2. The molecule has 1 heterocycles. The van der Waals surface area contributed by atoms with Crippen molar-refractivity contribution in [3.05, 3.63) is 82.8 Å². The standard InChI is InChI=1S/C22H22N4O3/c1-14-5-4-6-16(11-14)13-23-21(27)19-12-20(25-15(2)24-19)26-18-9-7-17(8-10-18)22(28)29-3/h4-12H,13H2,1-3H3,(H,23,27)(H,24,25,26). The van der Waals surface area contributed by atoms with Gasteiger partial charge in [0.05, 0.1) is 12.7 Å². The first-order chi connectivity index (χ1) is 13.9. The van der Waals surface area contributed by atoms with E-state index in [-0.39, 0.29) is 11.6 Å². The molecule has 0 aliphatic rings. The van der Waals surface area contributed by atoms with E-state index in [0.717, 1.165) is 16.8 Å². The van der Waals surface area contributed by atoms with Gasteiger partial charge in [0.1, 0.15) is 17.3 Å². The van der Waals surface area contributed by atoms with Crippen molar-refractivity contribution < 1.29 is 14.3 Å². The molecule has 0 aliphatic carbocycles. The number of aromatic nitrogens is 2. The number of amides is 1. The van der Waals surface area contributed by atoms with Gasteiger partial charge in [0, 0.05) is 18.3 Å². The molecular weight excluding hydrogens is 368 g/mol. The summed E-state index contributed by atoms with van der Waals surface area (Å²) >= 11 is 0. The third kappa shape index (κ3) is 5.38. The van der Waals surface area contributed by atoms with Gasteiger partial charge < -0.3 is 15.4 Å². The Morgan fingerprint density at radius 2 is 1.76 bits per heavy atom. The molecule has 0 spiro atoms. The quantitative estimate of drug-likeness (QED) is 0.625. The Kier molecular flexibility index (Phi) is 6.19. The molecule has 1 amide bonds. The van der Waals surface area contributed by atoms with Crippen LogP contribution in [0.2, 0.25) is 0 Å². The number of anilines is 2. The second-order valence-electron chi connectivity index (χ2n) is 6.55. The fourth-order valence-corrected chi connectivity index (χ4v) is 2.80. The number of aryl methyl sites for hydroxylation is 2. The van der Waals surface area contributed by atoms with Crippen LogP contribution in [0.1, 0.15) is 37.8 Å². The summed E-state index contributed by atoms with van der Waals surface area (Å²) in [4.78, 5) is 32.6. The zero-order valence-corrected chi connectivity index (χ0v) is 16.5. The highest BCUT2D eigenvalue weighted by atomic mass is 16.5. The second-order valence-corrected chi connectivity index (χ2v) is 6.55. The largest absolute Gasteiger partial charge is 0.465 e. The molecule has 0 saturated carbocycles. The summed E-state index contributed by atoms with van der Waals surface area (Å²) < 4.78 is 4.69. The molecule has 0 unspecified atom stereocenters. The zero-order chi connectivity index (χ0) is 20.8. The van der Waals surface area contributed by atoms with Gasteiger partial charge in [-0.3, -0.25) is 4.79 Å². The van der Waals surface area contributed by atoms with Crippen LogP contribution in [0.25, 0.3) is 0 Å². The molecule has 7 nitrogen and oxygen atoms in total. The van der Waals surface area contributed by atoms with Crippen LogP contribution in [0.4, 0.5) is 11.5 Å². The lowest BCUT2D eigenvalue weighted by atomic mass is 10.1. The predicted octanol–water partition coefficient (Wildman–Crippen LogP) is 3.55. The van der Waals surface area contributed by atoms with E-state index in [4.69, 9.17) is 0 Å². The fourth-order valence-electron chi connectivity index (χ4n) is 2.80. The van der Waals surface area contributed by atoms with Crippen molar-refractivity contribution in [1.29, 1.82) is 0 Å². The Labute approximate surface area is 169 Å². The molecule has 2 aromatic carbocycles. The van der Waals surface area contributed by atoms with E-state index in [1.807, 2.05) is 31.2 Å². The first kappa shape index (κ1) is 20.0. The van der Waals surface area contributed by atoms with Gasteiger partial charge in [0.15, 0.2) is 0 Å². The van der Waals surface area contributed by atoms with E-state index < -0.39 is 5.97 Å². The highest BCUT2D eigenvalue weighted by Crippen LogP contribution is 2.17. The predicted molar refractivity (Wildman–Crippen MR) is 110 cm³/mol. The molecule has 3 aromatic rings. The lowest BCUT2D eigenvalue weighted by Crippen LogP contribution is -2.24. The van der Waals surface area contributed by atoms with Crippen LogP contribution in [-0.4, -0.2) is 29.0 Å². The van der Waals surface area contributed by atoms with Gasteiger partial charge in [0.2, 0.25) is 0 Å². The molecule has 1 aromatic heterocycles. The number of methoxy groups -OCH3 is 1. The minimum atomic E-state index is -0.401. The summed E-state index contributed by atoms with van der Waals surface area (Å²) in [6, 6.07) is 16.3. The van der Waals surface area contributed by atoms with E-state index >= 15 is 0 Å². The molecule has 0 atom stereocenters. The Balaban J connectivity index is 1.70. The normalized spacial score (nSPS) is 10.3. The van der Waals surface area contributed by atoms with Gasteiger partial charge in [-0.1, -0.05) is 29.8 Å². The lowest BCUT2D eigenvalue weighted by Gasteiger charge is -2.10. The summed E-state index contributed by atoms with van der Waals surface area (Å²) in [5, 5.41) is 6.00. The zero-order valence-electron chi connectivity index (χ0n) is 16.5. The first-order valence-electron chi connectivity index (χ1n) is 9.09. The summed E-state index contributed by atoms with van der Waals surface area (Å²) in [5.74, 6) is 0.286. The van der Waals surface area contributed by atoms with Crippen LogP contribution in [-0.2, 0) is 11.3 Å². The Morgan fingerprint density at radius 1 is 1.00 bits per heavy atom. The molecule has 2 N–H and O–H groups in total. The third-order valence-electron chi connectivity index (χ3n) is 4.18. The van der Waals surface area contributed by atoms with E-state index in [2.05, 4.69) is 25.3 Å². The van der Waals surface area contributed by atoms with Crippen molar-refractivity contribution in [2.45, 2.75) is 20.4 Å². The number of esters is 1. The molecule has 0 saturated heterocycles. The first-order valence-corrected chi connectivity index (χ1v) is 9.09. The summed E-state index contributed by atoms with van der Waals surface area (Å²) in [6.45, 7) is 4.15. The van der Waals surface area contributed by atoms with Crippen molar-refractivity contribution in [1.82, 2.24) is 15.3 Å². The van der Waals surface area contributed by atoms with Gasteiger partial charge in [0.25, 0.3) is 5.91 Å². The highest BCUT2D eigenvalue weighted by Gasteiger charge is 2.11. The van der Waals surface area contributed by atoms with E-state index in [1.54, 1.807) is 37.3 Å². The molecule has 0 fully saturated rings. The van der Waals surface area contributed by atoms with Gasteiger partial charge in [-0.25, -0.2) is 14.8 Å². The number of benzene rings is 2. The van der Waals surface area contributed by atoms with E-state index in [9.17, 15) is 9.59 Å². The van der Waals surface area contributed by atoms with Gasteiger partial charge in [-0.05, 0) is 43.7 Å². The molecule has 3 rings (SSSR count). The molecule has 29 heavy (non-hydrogen) atoms. The molecular formula is C22H22N4O3. The highest BCUT2D eigenvalue weighted by molar-refractivity contribution is 5.93. The topological polar surface area (TPSA) is 93.2 Å². The van der Waals surface area contributed by atoms with E-state index in [0.29, 0.717) is 23.8 Å². The smallest absolute Gasteiger partial charge is 0.337 e. The lowest BCUT2D eigenvalue weighted by molar-refractivity contribution is 0.0600. The minimum Gasteiger partial charge on any atom is -0.465 e. The number of carbonyl (C=O) groups excluding carboxylic acids is 2. The molecule has 0 bridgehead atoms. The van der Waals surface area contributed by atoms with Gasteiger partial charge in [-0.15, -0.1) is 0 Å². The Bertz CT molecular complexity index is 1030. The SMILES string of the molecule is COC(=O)c1ccc(Nc2cc(C(=O)NCc3cccc(C)c3)nc(C)n2)cc1. The van der Waals surface area contributed by atoms with Crippen LogP contribution in [0.3, 0.4) is 0 Å². The second kappa shape index (κ2) is 8.97. The number of hydrogen-bond acceptors (Lipinski definition) is 6. The van der Waals surface area contributed by atoms with Crippen LogP contribution in [0, 0.1) is 13.8 Å². The van der Waals surface area contributed by atoms with Crippen molar-refractivity contribution >= 4 is 23.4 Å². The molecule has 7 heteroatoms. The average Bonchev–Trinajstić information content (AvgIpc) is 2.71. The van der Waals surface area contributed by atoms with Crippen LogP contribution in [0.5, 0.6) is 0 Å². The van der Waals surface area contributed by atoms with Crippen LogP contribution < -0.4 is 10.6 Å². The Morgan fingerprint density at radius 3 is 2.45 bits per heavy atom. The Hall–Kier alpha value is -3.74. The van der Waals surface area contributed by atoms with Gasteiger partial charge >= 0.3 is 5.97 Å². The van der Waals surface area contributed by atoms with Gasteiger partial charge in [-0.2, -0.15) is 0 Å². The number of ether oxygens (including phenoxy) is 1. The summed E-state index contributed by atoms with van der Waals surface area (Å²) in [6.07, 6.45) is 0. The number of rotatable bonds is 6. The maximum atomic E-state index is 12.5. The maximum absolute atomic E-state index is 12.5. The minimum absolute atomic E-state index is 0.277. The molecule has 0 radical (unpaired) electrons. The number of carbonyl (C=O) groups is 2. The maximum Gasteiger partial charge on any atom is 0.337 e. The average molecular weight is 390 g/mol. The van der Waals surface area contributed by atoms with Crippen molar-refractivity contribution in [3.63, 3.8) is 0 Å². The fraction of sp³-hybridized carbons (Fsp3) is 0.182.